The number of ether oxygens (including phenoxy) is 2. The predicted molar refractivity (Wildman–Crippen MR) is 129 cm³/mol. The van der Waals surface area contributed by atoms with Gasteiger partial charge in [0.25, 0.3) is 5.91 Å². The van der Waals surface area contributed by atoms with Crippen molar-refractivity contribution >= 4 is 33.6 Å². The summed E-state index contributed by atoms with van der Waals surface area (Å²) in [6.07, 6.45) is 3.19. The fraction of sp³-hybridized carbons (Fsp3) is 0.0769. The third-order valence-corrected chi connectivity index (χ3v) is 4.88. The van der Waals surface area contributed by atoms with Crippen LogP contribution in [0.3, 0.4) is 0 Å². The van der Waals surface area contributed by atoms with Crippen molar-refractivity contribution in [3.05, 3.63) is 107 Å². The SMILES string of the molecule is C=CCOc1ccc(/C=C(\C#N)C(=O)Nc2ccc(OCc3ccc(Br)cc3)cc2)cc1. The summed E-state index contributed by atoms with van der Waals surface area (Å²) in [5.74, 6) is 0.885. The van der Waals surface area contributed by atoms with E-state index < -0.39 is 5.91 Å². The Bertz CT molecular complexity index is 1130. The number of nitriles is 1. The average Bonchev–Trinajstić information content (AvgIpc) is 2.82. The summed E-state index contributed by atoms with van der Waals surface area (Å²) in [5.41, 5.74) is 2.34. The fourth-order valence-corrected chi connectivity index (χ4v) is 2.98. The molecule has 0 fully saturated rings. The molecule has 5 nitrogen and oxygen atoms in total. The maximum absolute atomic E-state index is 12.5. The first-order valence-corrected chi connectivity index (χ1v) is 10.6. The molecular formula is C26H21BrN2O3. The molecule has 0 heterocycles. The largest absolute Gasteiger partial charge is 0.490 e. The molecular weight excluding hydrogens is 468 g/mol. The molecule has 0 saturated heterocycles. The number of nitrogens with one attached hydrogen (secondary N) is 1. The van der Waals surface area contributed by atoms with E-state index in [1.807, 2.05) is 30.3 Å². The number of amides is 1. The number of carbonyl (C=O) groups excluding carboxylic acids is 1. The molecule has 1 N–H and O–H groups in total. The molecule has 0 radical (unpaired) electrons. The number of benzene rings is 3. The molecule has 3 rings (SSSR count). The van der Waals surface area contributed by atoms with Gasteiger partial charge in [-0.05, 0) is 65.7 Å². The van der Waals surface area contributed by atoms with Crippen LogP contribution in [0.15, 0.2) is 95.5 Å². The molecule has 1 amide bonds. The van der Waals surface area contributed by atoms with E-state index in [9.17, 15) is 10.1 Å². The molecule has 6 heteroatoms. The molecule has 0 spiro atoms. The Morgan fingerprint density at radius 3 is 2.22 bits per heavy atom. The van der Waals surface area contributed by atoms with Crippen LogP contribution < -0.4 is 14.8 Å². The molecule has 0 aromatic heterocycles. The van der Waals surface area contributed by atoms with Crippen LogP contribution >= 0.6 is 15.9 Å². The number of carbonyl (C=O) groups is 1. The highest BCUT2D eigenvalue weighted by molar-refractivity contribution is 9.10. The Balaban J connectivity index is 1.58. The number of nitrogens with zero attached hydrogens (tertiary/aromatic N) is 1. The molecule has 160 valence electrons. The summed E-state index contributed by atoms with van der Waals surface area (Å²) in [6.45, 7) is 4.46. The Labute approximate surface area is 195 Å². The maximum Gasteiger partial charge on any atom is 0.266 e. The molecule has 0 unspecified atom stereocenters. The van der Waals surface area contributed by atoms with Crippen molar-refractivity contribution in [2.75, 3.05) is 11.9 Å². The first-order valence-electron chi connectivity index (χ1n) is 9.81. The molecule has 0 aliphatic heterocycles. The van der Waals surface area contributed by atoms with Crippen LogP contribution in [0, 0.1) is 11.3 Å². The van der Waals surface area contributed by atoms with Gasteiger partial charge in [0.15, 0.2) is 0 Å². The van der Waals surface area contributed by atoms with Gasteiger partial charge in [-0.25, -0.2) is 0 Å². The maximum atomic E-state index is 12.5. The van der Waals surface area contributed by atoms with Gasteiger partial charge in [-0.15, -0.1) is 0 Å². The standard InChI is InChI=1S/C26H21BrN2O3/c1-2-15-31-24-11-5-19(6-12-24)16-21(17-28)26(30)29-23-9-13-25(14-10-23)32-18-20-3-7-22(27)8-4-20/h2-14,16H,1,15,18H2,(H,29,30)/b21-16+. The normalized spacial score (nSPS) is 10.7. The van der Waals surface area contributed by atoms with Gasteiger partial charge in [0, 0.05) is 10.2 Å². The zero-order valence-corrected chi connectivity index (χ0v) is 18.8. The van der Waals surface area contributed by atoms with Crippen LogP contribution in [0.4, 0.5) is 5.69 Å². The lowest BCUT2D eigenvalue weighted by Crippen LogP contribution is -2.13. The Kier molecular flexibility index (Phi) is 8.24. The quantitative estimate of drug-likeness (QED) is 0.223. The van der Waals surface area contributed by atoms with Gasteiger partial charge in [0.05, 0.1) is 0 Å². The molecule has 0 aliphatic rings. The van der Waals surface area contributed by atoms with E-state index in [1.54, 1.807) is 54.6 Å². The van der Waals surface area contributed by atoms with Crippen molar-refractivity contribution in [3.63, 3.8) is 0 Å². The minimum absolute atomic E-state index is 0.000301. The Morgan fingerprint density at radius 2 is 1.59 bits per heavy atom. The van der Waals surface area contributed by atoms with Crippen LogP contribution in [0.2, 0.25) is 0 Å². The lowest BCUT2D eigenvalue weighted by molar-refractivity contribution is -0.112. The van der Waals surface area contributed by atoms with Crippen molar-refractivity contribution in [1.29, 1.82) is 5.26 Å². The summed E-state index contributed by atoms with van der Waals surface area (Å²) in [4.78, 5) is 12.5. The fourth-order valence-electron chi connectivity index (χ4n) is 2.71. The van der Waals surface area contributed by atoms with E-state index >= 15 is 0 Å². The number of hydrogen-bond acceptors (Lipinski definition) is 4. The Morgan fingerprint density at radius 1 is 0.969 bits per heavy atom. The number of halogens is 1. The molecule has 0 saturated carbocycles. The van der Waals surface area contributed by atoms with Crippen molar-refractivity contribution in [2.45, 2.75) is 6.61 Å². The number of anilines is 1. The van der Waals surface area contributed by atoms with Gasteiger partial charge >= 0.3 is 0 Å². The van der Waals surface area contributed by atoms with E-state index in [4.69, 9.17) is 9.47 Å². The van der Waals surface area contributed by atoms with Gasteiger partial charge in [0.1, 0.15) is 36.4 Å². The second kappa shape index (κ2) is 11.5. The molecule has 3 aromatic rings. The second-order valence-electron chi connectivity index (χ2n) is 6.73. The first kappa shape index (κ1) is 22.9. The highest BCUT2D eigenvalue weighted by Gasteiger charge is 2.10. The van der Waals surface area contributed by atoms with Crippen molar-refractivity contribution < 1.29 is 14.3 Å². The minimum atomic E-state index is -0.483. The third kappa shape index (κ3) is 6.86. The van der Waals surface area contributed by atoms with E-state index in [0.29, 0.717) is 30.4 Å². The van der Waals surface area contributed by atoms with Crippen LogP contribution in [0.5, 0.6) is 11.5 Å². The molecule has 32 heavy (non-hydrogen) atoms. The van der Waals surface area contributed by atoms with Gasteiger partial charge in [-0.1, -0.05) is 52.9 Å². The summed E-state index contributed by atoms with van der Waals surface area (Å²) >= 11 is 3.41. The minimum Gasteiger partial charge on any atom is -0.490 e. The van der Waals surface area contributed by atoms with Gasteiger partial charge in [0.2, 0.25) is 0 Å². The van der Waals surface area contributed by atoms with Crippen LogP contribution in [-0.4, -0.2) is 12.5 Å². The first-order chi connectivity index (χ1) is 15.6. The monoisotopic (exact) mass is 488 g/mol. The smallest absolute Gasteiger partial charge is 0.266 e. The van der Waals surface area contributed by atoms with Crippen LogP contribution in [0.1, 0.15) is 11.1 Å². The lowest BCUT2D eigenvalue weighted by atomic mass is 10.1. The summed E-state index contributed by atoms with van der Waals surface area (Å²) in [6, 6.07) is 23.9. The molecule has 3 aromatic carbocycles. The summed E-state index contributed by atoms with van der Waals surface area (Å²) in [7, 11) is 0. The van der Waals surface area contributed by atoms with Crippen LogP contribution in [0.25, 0.3) is 6.08 Å². The zero-order chi connectivity index (χ0) is 22.8. The van der Waals surface area contributed by atoms with Crippen molar-refractivity contribution in [2.24, 2.45) is 0 Å². The van der Waals surface area contributed by atoms with E-state index in [1.165, 1.54) is 6.08 Å². The van der Waals surface area contributed by atoms with E-state index in [-0.39, 0.29) is 5.57 Å². The Hall–Kier alpha value is -3.82. The lowest BCUT2D eigenvalue weighted by Gasteiger charge is -2.08. The zero-order valence-electron chi connectivity index (χ0n) is 17.3. The average molecular weight is 489 g/mol. The second-order valence-corrected chi connectivity index (χ2v) is 7.65. The van der Waals surface area contributed by atoms with Gasteiger partial charge in [-0.3, -0.25) is 4.79 Å². The predicted octanol–water partition coefficient (Wildman–Crippen LogP) is 6.14. The molecule has 0 aliphatic carbocycles. The van der Waals surface area contributed by atoms with Crippen molar-refractivity contribution in [3.8, 4) is 17.6 Å². The highest BCUT2D eigenvalue weighted by Crippen LogP contribution is 2.19. The summed E-state index contributed by atoms with van der Waals surface area (Å²) < 4.78 is 12.2. The third-order valence-electron chi connectivity index (χ3n) is 4.35. The summed E-state index contributed by atoms with van der Waals surface area (Å²) in [5, 5.41) is 12.1. The number of rotatable bonds is 9. The van der Waals surface area contributed by atoms with Crippen molar-refractivity contribution in [1.82, 2.24) is 0 Å². The topological polar surface area (TPSA) is 71.3 Å². The molecule has 0 bridgehead atoms. The molecule has 0 atom stereocenters. The van der Waals surface area contributed by atoms with Crippen LogP contribution in [-0.2, 0) is 11.4 Å². The number of hydrogen-bond donors (Lipinski definition) is 1. The van der Waals surface area contributed by atoms with Gasteiger partial charge in [-0.2, -0.15) is 5.26 Å². The highest BCUT2D eigenvalue weighted by atomic mass is 79.9. The van der Waals surface area contributed by atoms with E-state index in [0.717, 1.165) is 15.6 Å². The van der Waals surface area contributed by atoms with Gasteiger partial charge < -0.3 is 14.8 Å². The van der Waals surface area contributed by atoms with E-state index in [2.05, 4.69) is 27.8 Å².